The molecule has 3 heterocycles. The van der Waals surface area contributed by atoms with Gasteiger partial charge >= 0.3 is 17.9 Å². The zero-order chi connectivity index (χ0) is 76.1. The van der Waals surface area contributed by atoms with E-state index >= 15 is 0 Å². The number of hydrogen-bond donors (Lipinski definition) is 0. The number of piperidine rings is 1. The van der Waals surface area contributed by atoms with Gasteiger partial charge in [0.05, 0.1) is 27.2 Å². The van der Waals surface area contributed by atoms with E-state index in [1.165, 1.54) is 21.0 Å². The Hall–Kier alpha value is -9.68. The number of benzene rings is 8. The van der Waals surface area contributed by atoms with Crippen molar-refractivity contribution < 1.29 is 54.6 Å². The predicted molar refractivity (Wildman–Crippen MR) is 438 cm³/mol. The molecular formula is C91H108N3O12S2-. The van der Waals surface area contributed by atoms with Gasteiger partial charge in [-0.2, -0.15) is 4.31 Å². The van der Waals surface area contributed by atoms with Gasteiger partial charge in [-0.25, -0.2) is 35.8 Å². The van der Waals surface area contributed by atoms with Gasteiger partial charge in [0.2, 0.25) is 15.4 Å². The van der Waals surface area contributed by atoms with Crippen molar-refractivity contribution in [3.63, 3.8) is 0 Å². The van der Waals surface area contributed by atoms with Gasteiger partial charge in [0.15, 0.2) is 9.84 Å². The lowest BCUT2D eigenvalue weighted by Gasteiger charge is -2.32. The van der Waals surface area contributed by atoms with Gasteiger partial charge in [0.1, 0.15) is 55.2 Å². The first-order valence-electron chi connectivity index (χ1n) is 37.3. The highest BCUT2D eigenvalue weighted by molar-refractivity contribution is 7.91. The first kappa shape index (κ1) is 84.0. The van der Waals surface area contributed by atoms with Crippen LogP contribution in [0.25, 0.3) is 45.1 Å². The van der Waals surface area contributed by atoms with Crippen LogP contribution < -0.4 is 30.0 Å². The fraction of sp³-hybridized carbons (Fsp3) is 0.341. The van der Waals surface area contributed by atoms with Crippen LogP contribution in [-0.2, 0) is 50.1 Å². The third-order valence-electron chi connectivity index (χ3n) is 20.5. The Labute approximate surface area is 641 Å². The van der Waals surface area contributed by atoms with E-state index in [1.54, 1.807) is 44.2 Å². The van der Waals surface area contributed by atoms with Gasteiger partial charge in [0.25, 0.3) is 0 Å². The number of hydrogen-bond acceptors (Lipinski definition) is 13. The lowest BCUT2D eigenvalue weighted by Crippen LogP contribution is -2.41. The van der Waals surface area contributed by atoms with Crippen molar-refractivity contribution in [1.82, 2.24) is 8.88 Å². The zero-order valence-electron chi connectivity index (χ0n) is 65.7. The molecule has 0 radical (unpaired) electrons. The highest BCUT2D eigenvalue weighted by Gasteiger charge is 2.35. The molecule has 3 aliphatic heterocycles. The quantitative estimate of drug-likeness (QED) is 0.00904. The molecule has 1 aliphatic carbocycles. The Balaban J connectivity index is 0.000000295. The average Bonchev–Trinajstić information content (AvgIpc) is 0.737. The van der Waals surface area contributed by atoms with Crippen LogP contribution in [0.2, 0.25) is 0 Å². The van der Waals surface area contributed by atoms with Gasteiger partial charge < -0.3 is 43.1 Å². The lowest BCUT2D eigenvalue weighted by molar-refractivity contribution is -0.145. The van der Waals surface area contributed by atoms with E-state index in [0.29, 0.717) is 70.3 Å². The molecule has 572 valence electrons. The van der Waals surface area contributed by atoms with E-state index in [4.69, 9.17) is 23.4 Å². The molecule has 1 fully saturated rings. The lowest BCUT2D eigenvalue weighted by atomic mass is 9.90. The third kappa shape index (κ3) is 19.2. The van der Waals surface area contributed by atoms with Crippen molar-refractivity contribution >= 4 is 66.1 Å². The number of fused-ring (bicyclic) bond motifs is 4. The molecule has 11 rings (SSSR count). The molecule has 7 aromatic carbocycles. The fourth-order valence-electron chi connectivity index (χ4n) is 14.3. The van der Waals surface area contributed by atoms with E-state index in [1.807, 2.05) is 68.4 Å². The van der Waals surface area contributed by atoms with Crippen LogP contribution in [0.3, 0.4) is 0 Å². The third-order valence-corrected chi connectivity index (χ3v) is 24.2. The molecule has 17 heteroatoms. The number of nitrogens with zero attached hydrogens (tertiary/aromatic N) is 3. The topological polar surface area (TPSA) is 179 Å². The van der Waals surface area contributed by atoms with E-state index < -0.39 is 37.8 Å². The Morgan fingerprint density at radius 1 is 0.657 bits per heavy atom. The smallest absolute Gasteiger partial charge is 0.338 e. The second-order valence-electron chi connectivity index (χ2n) is 27.8. The number of rotatable bonds is 27. The monoisotopic (exact) mass is 1500 g/mol. The van der Waals surface area contributed by atoms with Crippen molar-refractivity contribution in [2.45, 2.75) is 150 Å². The van der Waals surface area contributed by atoms with Crippen LogP contribution in [0.15, 0.2) is 190 Å². The van der Waals surface area contributed by atoms with Crippen LogP contribution in [0, 0.1) is 48.5 Å². The summed E-state index contributed by atoms with van der Waals surface area (Å²) in [5.74, 6) is 1.02. The van der Waals surface area contributed by atoms with Crippen molar-refractivity contribution in [2.75, 3.05) is 63.1 Å². The molecule has 0 saturated carbocycles. The molecule has 0 aromatic heterocycles. The molecule has 0 spiro atoms. The number of carbonyl (C=O) groups is 3. The number of ether oxygens (including phenoxy) is 4. The molecule has 0 bridgehead atoms. The Morgan fingerprint density at radius 2 is 1.31 bits per heavy atom. The number of esters is 3. The maximum atomic E-state index is 14.7. The molecule has 0 N–H and O–H groups in total. The largest absolute Gasteiger partial charge is 0.459 e. The molecule has 0 amide bonds. The highest BCUT2D eigenvalue weighted by Crippen LogP contribution is 2.44. The SMILES string of the molecule is C=C(C)C(=O)OC1CCN(S(=O)(=O)c2ccccc2C2=c3cc/c(=C\c4c(C)cc(S(=O)(=O)CCC(CC)CCCC)cc4C)cc3Oc3cc(Cc4c(C)cccc4C)ccc32)CC1.C=C(C)C(=O)OCCOC(=O)c1ccccc1-c1c2ccc(=[N+](CC)CC)cc-2oc2cc(N(CC)CC)ccc12.[CH3-].[CH3-]. The van der Waals surface area contributed by atoms with Crippen LogP contribution in [-0.4, -0.2) is 103 Å². The zero-order valence-corrected chi connectivity index (χ0v) is 67.3. The normalized spacial score (nSPS) is 13.3. The van der Waals surface area contributed by atoms with Crippen LogP contribution in [0.1, 0.15) is 161 Å². The second-order valence-corrected chi connectivity index (χ2v) is 31.8. The number of anilines is 1. The number of unbranched alkanes of at least 4 members (excludes halogenated alkanes) is 1. The molecule has 108 heavy (non-hydrogen) atoms. The minimum absolute atomic E-state index is 0. The molecule has 4 aliphatic rings. The van der Waals surface area contributed by atoms with Gasteiger partial charge in [0, 0.05) is 93.6 Å². The highest BCUT2D eigenvalue weighted by atomic mass is 32.2. The van der Waals surface area contributed by atoms with Crippen molar-refractivity contribution in [2.24, 2.45) is 5.92 Å². The maximum Gasteiger partial charge on any atom is 0.338 e. The first-order chi connectivity index (χ1) is 50.8. The fourth-order valence-corrected chi connectivity index (χ4v) is 17.6. The van der Waals surface area contributed by atoms with Crippen molar-refractivity contribution in [3.8, 4) is 33.9 Å². The summed E-state index contributed by atoms with van der Waals surface area (Å²) in [6.07, 6.45) is 8.07. The maximum absolute atomic E-state index is 14.7. The Bertz CT molecular complexity index is 5160. The van der Waals surface area contributed by atoms with Gasteiger partial charge in [-0.1, -0.05) is 125 Å². The molecule has 1 saturated heterocycles. The minimum atomic E-state index is -4.00. The predicted octanol–water partition coefficient (Wildman–Crippen LogP) is 17.4. The Morgan fingerprint density at radius 3 is 1.95 bits per heavy atom. The molecule has 1 unspecified atom stereocenters. The minimum Gasteiger partial charge on any atom is -0.459 e. The summed E-state index contributed by atoms with van der Waals surface area (Å²) >= 11 is 0. The molecule has 7 aromatic rings. The summed E-state index contributed by atoms with van der Waals surface area (Å²) in [4.78, 5) is 40.1. The Kier molecular flexibility index (Phi) is 29.1. The van der Waals surface area contributed by atoms with E-state index in [-0.39, 0.29) is 57.9 Å². The summed E-state index contributed by atoms with van der Waals surface area (Å²) < 4.78 is 89.9. The van der Waals surface area contributed by atoms with Gasteiger partial charge in [-0.05, 0) is 217 Å². The van der Waals surface area contributed by atoms with Crippen molar-refractivity contribution in [1.29, 1.82) is 0 Å². The van der Waals surface area contributed by atoms with Gasteiger partial charge in [-0.15, -0.1) is 0 Å². The summed E-state index contributed by atoms with van der Waals surface area (Å²) in [5.41, 5.74) is 14.9. The van der Waals surface area contributed by atoms with E-state index in [2.05, 4.69) is 151 Å². The van der Waals surface area contributed by atoms with Crippen LogP contribution in [0.5, 0.6) is 11.5 Å². The molecule has 15 nitrogen and oxygen atoms in total. The average molecular weight is 1500 g/mol. The second kappa shape index (κ2) is 37.4. The molecular weight excluding hydrogens is 1390 g/mol. The first-order valence-corrected chi connectivity index (χ1v) is 40.4. The van der Waals surface area contributed by atoms with Crippen LogP contribution in [0.4, 0.5) is 5.69 Å². The van der Waals surface area contributed by atoms with Crippen LogP contribution >= 0.6 is 0 Å². The number of carbonyl (C=O) groups excluding carboxylic acids is 3. The van der Waals surface area contributed by atoms with Crippen molar-refractivity contribution in [3.05, 3.63) is 262 Å². The molecule has 1 atom stereocenters. The van der Waals surface area contributed by atoms with E-state index in [9.17, 15) is 31.2 Å². The number of sulfone groups is 1. The summed E-state index contributed by atoms with van der Waals surface area (Å²) in [5, 5.41) is 3.59. The summed E-state index contributed by atoms with van der Waals surface area (Å²) in [7, 11) is -7.46. The standard InChI is InChI=1S/C55H63NO7S2.C34H39N2O5.2CH3/c1-9-11-17-41(10-2)26-29-64(58,59)45-30-39(7)50(40(8)31-45)33-43-21-23-47-52(35-43)63-51-34-42(32-49-37(5)15-14-16-38(49)6)20-22-46(51)54(47)48-18-12-13-19-53(48)65(60,61)56-27-24-44(25-28-56)62-55(57)36(3)4;1-7-35(8-2)24-15-17-28-30(21-24)41-31-22-25(36(9-3)10-4)16-18-29(31)32(28)26-13-11-12-14-27(26)34(38)40-20-19-39-33(37)23(5)6;;/h12-16,18-23,30-31,33-35,41,44H,3,9-11,17,24-29,32H2,1-2,4-8H3;11-18,21-22H,5,7-10,19-20H2,1-4,6H3;2*1H3/q;+1;2*-1/b43-33+;;;. The summed E-state index contributed by atoms with van der Waals surface area (Å²) in [6, 6.07) is 49.1. The number of sulfonamides is 1. The van der Waals surface area contributed by atoms with E-state index in [0.717, 1.165) is 140 Å². The summed E-state index contributed by atoms with van der Waals surface area (Å²) in [6.45, 7) is 35.3. The number of aryl methyl sites for hydroxylation is 4. The van der Waals surface area contributed by atoms with Gasteiger partial charge in [-0.3, -0.25) is 0 Å².